The highest BCUT2D eigenvalue weighted by Crippen LogP contribution is 2.10. The zero-order valence-corrected chi connectivity index (χ0v) is 17.5. The van der Waals surface area contributed by atoms with Gasteiger partial charge in [0.05, 0.1) is 31.8 Å². The molecule has 3 N–H and O–H groups in total. The molecule has 29 heavy (non-hydrogen) atoms. The molecular weight excluding hydrogens is 376 g/mol. The maximum Gasteiger partial charge on any atom is 0.305 e. The van der Waals surface area contributed by atoms with Crippen molar-refractivity contribution in [1.29, 1.82) is 0 Å². The monoisotopic (exact) mass is 412 g/mol. The van der Waals surface area contributed by atoms with E-state index < -0.39 is 5.92 Å². The quantitative estimate of drug-likeness (QED) is 0.179. The molecule has 2 amide bonds. The Bertz CT molecular complexity index is 509. The van der Waals surface area contributed by atoms with E-state index in [-0.39, 0.29) is 50.1 Å². The summed E-state index contributed by atoms with van der Waals surface area (Å²) in [6, 6.07) is -0.359. The van der Waals surface area contributed by atoms with Crippen molar-refractivity contribution < 1.29 is 29.0 Å². The zero-order chi connectivity index (χ0) is 21.9. The summed E-state index contributed by atoms with van der Waals surface area (Å²) in [5.41, 5.74) is 0. The second-order valence-electron chi connectivity index (χ2n) is 6.74. The molecule has 0 bridgehead atoms. The third kappa shape index (κ3) is 15.4. The molecule has 0 fully saturated rings. The van der Waals surface area contributed by atoms with Crippen LogP contribution in [0.25, 0.3) is 0 Å². The summed E-state index contributed by atoms with van der Waals surface area (Å²) in [6.07, 6.45) is 6.63. The van der Waals surface area contributed by atoms with E-state index in [2.05, 4.69) is 23.8 Å². The molecule has 8 heteroatoms. The standard InChI is InChI=1S/C21H36N2O6/c1-4-6-7-8-10-20(26)29-16-17(3)23-21(27)18(9-5-2)15-19(25)22-11-13-28-14-12-24/h4-5,17-18,24H,1-2,6-16H2,3H3,(H,22,25)(H,23,27)/t17-,18+/m0/s1. The van der Waals surface area contributed by atoms with Gasteiger partial charge in [-0.1, -0.05) is 12.2 Å². The van der Waals surface area contributed by atoms with Gasteiger partial charge < -0.3 is 25.2 Å². The van der Waals surface area contributed by atoms with Crippen molar-refractivity contribution in [1.82, 2.24) is 10.6 Å². The second kappa shape index (κ2) is 17.9. The highest BCUT2D eigenvalue weighted by Gasteiger charge is 2.22. The largest absolute Gasteiger partial charge is 0.464 e. The Morgan fingerprint density at radius 3 is 2.55 bits per heavy atom. The van der Waals surface area contributed by atoms with Crippen LogP contribution in [0.1, 0.15) is 45.4 Å². The smallest absolute Gasteiger partial charge is 0.305 e. The van der Waals surface area contributed by atoms with Gasteiger partial charge >= 0.3 is 5.97 Å². The molecule has 0 spiro atoms. The number of esters is 1. The van der Waals surface area contributed by atoms with Crippen LogP contribution in [-0.4, -0.2) is 61.9 Å². The van der Waals surface area contributed by atoms with Crippen molar-refractivity contribution in [2.24, 2.45) is 5.92 Å². The first-order chi connectivity index (χ1) is 13.9. The van der Waals surface area contributed by atoms with E-state index in [0.717, 1.165) is 19.3 Å². The maximum absolute atomic E-state index is 12.4. The van der Waals surface area contributed by atoms with Crippen molar-refractivity contribution in [2.45, 2.75) is 51.5 Å². The molecule has 0 aromatic carbocycles. The molecular formula is C21H36N2O6. The number of rotatable bonds is 18. The van der Waals surface area contributed by atoms with E-state index in [4.69, 9.17) is 14.6 Å². The van der Waals surface area contributed by atoms with Crippen LogP contribution in [0.15, 0.2) is 25.3 Å². The number of nitrogens with one attached hydrogen (secondary N) is 2. The van der Waals surface area contributed by atoms with E-state index >= 15 is 0 Å². The molecule has 0 saturated heterocycles. The van der Waals surface area contributed by atoms with Gasteiger partial charge in [0.1, 0.15) is 6.61 Å². The first-order valence-corrected chi connectivity index (χ1v) is 10.1. The average Bonchev–Trinajstić information content (AvgIpc) is 2.69. The second-order valence-corrected chi connectivity index (χ2v) is 6.74. The van der Waals surface area contributed by atoms with E-state index in [1.807, 2.05) is 6.08 Å². The van der Waals surface area contributed by atoms with Gasteiger partial charge in [-0.05, 0) is 32.6 Å². The number of amides is 2. The molecule has 0 aromatic heterocycles. The fourth-order valence-corrected chi connectivity index (χ4v) is 2.46. The molecule has 0 aliphatic carbocycles. The van der Waals surface area contributed by atoms with Crippen LogP contribution in [0.3, 0.4) is 0 Å². The summed E-state index contributed by atoms with van der Waals surface area (Å²) < 4.78 is 10.2. The highest BCUT2D eigenvalue weighted by atomic mass is 16.5. The molecule has 0 aromatic rings. The Balaban J connectivity index is 4.22. The molecule has 0 aliphatic heterocycles. The zero-order valence-electron chi connectivity index (χ0n) is 17.5. The first-order valence-electron chi connectivity index (χ1n) is 10.1. The Kier molecular flexibility index (Phi) is 16.5. The van der Waals surface area contributed by atoms with Crippen molar-refractivity contribution in [3.8, 4) is 0 Å². The summed E-state index contributed by atoms with van der Waals surface area (Å²) in [4.78, 5) is 36.1. The van der Waals surface area contributed by atoms with E-state index in [1.54, 1.807) is 13.0 Å². The first kappa shape index (κ1) is 26.8. The topological polar surface area (TPSA) is 114 Å². The molecule has 0 heterocycles. The van der Waals surface area contributed by atoms with Crippen molar-refractivity contribution in [2.75, 3.05) is 33.0 Å². The lowest BCUT2D eigenvalue weighted by Gasteiger charge is -2.19. The normalized spacial score (nSPS) is 12.5. The average molecular weight is 413 g/mol. The molecule has 0 saturated carbocycles. The SMILES string of the molecule is C=CCCCCC(=O)OC[C@H](C)NC(=O)[C@H](CC=C)CC(=O)NCCOCCO. The van der Waals surface area contributed by atoms with Crippen molar-refractivity contribution >= 4 is 17.8 Å². The third-order valence-corrected chi connectivity index (χ3v) is 3.98. The van der Waals surface area contributed by atoms with E-state index in [9.17, 15) is 14.4 Å². The summed E-state index contributed by atoms with van der Waals surface area (Å²) in [5.74, 6) is -1.40. The van der Waals surface area contributed by atoms with Crippen LogP contribution < -0.4 is 10.6 Å². The van der Waals surface area contributed by atoms with Crippen molar-refractivity contribution in [3.63, 3.8) is 0 Å². The van der Waals surface area contributed by atoms with Crippen LogP contribution in [0.5, 0.6) is 0 Å². The lowest BCUT2D eigenvalue weighted by atomic mass is 9.99. The van der Waals surface area contributed by atoms with Crippen LogP contribution in [0.2, 0.25) is 0 Å². The minimum atomic E-state index is -0.553. The van der Waals surface area contributed by atoms with Crippen LogP contribution >= 0.6 is 0 Å². The number of hydrogen-bond donors (Lipinski definition) is 3. The molecule has 0 rings (SSSR count). The lowest BCUT2D eigenvalue weighted by Crippen LogP contribution is -2.41. The Labute approximate surface area is 173 Å². The minimum absolute atomic E-state index is 0.0215. The Hall–Kier alpha value is -2.19. The van der Waals surface area contributed by atoms with Gasteiger partial charge in [-0.3, -0.25) is 14.4 Å². The molecule has 0 unspecified atom stereocenters. The number of hydrogen-bond acceptors (Lipinski definition) is 6. The maximum atomic E-state index is 12.4. The third-order valence-electron chi connectivity index (χ3n) is 3.98. The van der Waals surface area contributed by atoms with Gasteiger partial charge in [0, 0.05) is 19.4 Å². The Morgan fingerprint density at radius 2 is 1.90 bits per heavy atom. The Morgan fingerprint density at radius 1 is 1.14 bits per heavy atom. The van der Waals surface area contributed by atoms with Gasteiger partial charge in [-0.15, -0.1) is 13.2 Å². The predicted molar refractivity (Wildman–Crippen MR) is 111 cm³/mol. The van der Waals surface area contributed by atoms with Crippen LogP contribution in [0, 0.1) is 5.92 Å². The predicted octanol–water partition coefficient (Wildman–Crippen LogP) is 1.49. The summed E-state index contributed by atoms with van der Waals surface area (Å²) in [6.45, 7) is 9.84. The summed E-state index contributed by atoms with van der Waals surface area (Å²) in [5, 5.41) is 14.1. The number of aliphatic hydroxyl groups excluding tert-OH is 1. The number of ether oxygens (including phenoxy) is 2. The lowest BCUT2D eigenvalue weighted by molar-refractivity contribution is -0.145. The van der Waals surface area contributed by atoms with Crippen LogP contribution in [-0.2, 0) is 23.9 Å². The highest BCUT2D eigenvalue weighted by molar-refractivity contribution is 5.86. The number of aliphatic hydroxyl groups is 1. The van der Waals surface area contributed by atoms with Gasteiger partial charge in [-0.25, -0.2) is 0 Å². The number of carbonyl (C=O) groups excluding carboxylic acids is 3. The fourth-order valence-electron chi connectivity index (χ4n) is 2.46. The van der Waals surface area contributed by atoms with Crippen molar-refractivity contribution in [3.05, 3.63) is 25.3 Å². The molecule has 166 valence electrons. The molecule has 8 nitrogen and oxygen atoms in total. The minimum Gasteiger partial charge on any atom is -0.464 e. The molecule has 2 atom stereocenters. The van der Waals surface area contributed by atoms with E-state index in [0.29, 0.717) is 26.0 Å². The van der Waals surface area contributed by atoms with Gasteiger partial charge in [0.15, 0.2) is 0 Å². The van der Waals surface area contributed by atoms with Gasteiger partial charge in [0.2, 0.25) is 11.8 Å². The number of carbonyl (C=O) groups is 3. The van der Waals surface area contributed by atoms with Gasteiger partial charge in [0.25, 0.3) is 0 Å². The number of unbranched alkanes of at least 4 members (excludes halogenated alkanes) is 2. The fraction of sp³-hybridized carbons (Fsp3) is 0.667. The number of allylic oxidation sites excluding steroid dienone is 2. The van der Waals surface area contributed by atoms with Crippen LogP contribution in [0.4, 0.5) is 0 Å². The molecule has 0 aliphatic rings. The summed E-state index contributed by atoms with van der Waals surface area (Å²) in [7, 11) is 0. The molecule has 0 radical (unpaired) electrons. The van der Waals surface area contributed by atoms with Gasteiger partial charge in [-0.2, -0.15) is 0 Å². The van der Waals surface area contributed by atoms with E-state index in [1.165, 1.54) is 0 Å². The summed E-state index contributed by atoms with van der Waals surface area (Å²) >= 11 is 0.